The highest BCUT2D eigenvalue weighted by molar-refractivity contribution is 5.15. The van der Waals surface area contributed by atoms with Crippen molar-refractivity contribution in [2.45, 2.75) is 25.0 Å². The number of benzene rings is 1. The van der Waals surface area contributed by atoms with E-state index < -0.39 is 0 Å². The van der Waals surface area contributed by atoms with Gasteiger partial charge < -0.3 is 10.6 Å². The van der Waals surface area contributed by atoms with E-state index in [1.165, 1.54) is 18.5 Å². The monoisotopic (exact) mass is 246 g/mol. The third-order valence-electron chi connectivity index (χ3n) is 4.20. The van der Waals surface area contributed by atoms with Crippen LogP contribution in [0, 0.1) is 5.92 Å². The smallest absolute Gasteiger partial charge is 0.0735 e. The molecule has 3 atom stereocenters. The Morgan fingerprint density at radius 2 is 2.06 bits per heavy atom. The van der Waals surface area contributed by atoms with Gasteiger partial charge in [-0.1, -0.05) is 30.3 Å². The number of piperidine rings is 1. The Labute approximate surface area is 109 Å². The van der Waals surface area contributed by atoms with Gasteiger partial charge in [0.05, 0.1) is 6.17 Å². The largest absolute Gasteiger partial charge is 0.315 e. The molecule has 4 N–H and O–H groups in total. The molecule has 4 nitrogen and oxygen atoms in total. The fraction of sp³-hybridized carbons (Fsp3) is 0.571. The van der Waals surface area contributed by atoms with Gasteiger partial charge in [-0.2, -0.15) is 0 Å². The van der Waals surface area contributed by atoms with Crippen molar-refractivity contribution in [1.29, 1.82) is 0 Å². The molecule has 0 bridgehead atoms. The number of fused-ring (bicyclic) bond motifs is 1. The second-order valence-corrected chi connectivity index (χ2v) is 5.41. The van der Waals surface area contributed by atoms with E-state index in [0.717, 1.165) is 19.5 Å². The molecule has 1 aromatic carbocycles. The predicted octanol–water partition coefficient (Wildman–Crippen LogP) is 0.312. The van der Waals surface area contributed by atoms with Gasteiger partial charge in [0.25, 0.3) is 0 Å². The molecular formula is C14H22N4. The molecule has 2 heterocycles. The SMILES string of the molecule is NC1NNC2CCN(CCc3ccccc3)CC12. The van der Waals surface area contributed by atoms with Gasteiger partial charge in [-0.15, -0.1) is 0 Å². The molecule has 0 amide bonds. The fourth-order valence-corrected chi connectivity index (χ4v) is 3.04. The summed E-state index contributed by atoms with van der Waals surface area (Å²) in [6.45, 7) is 3.42. The van der Waals surface area contributed by atoms with Crippen LogP contribution in [0.5, 0.6) is 0 Å². The van der Waals surface area contributed by atoms with E-state index >= 15 is 0 Å². The van der Waals surface area contributed by atoms with E-state index in [1.807, 2.05) is 0 Å². The van der Waals surface area contributed by atoms with E-state index in [1.54, 1.807) is 0 Å². The van der Waals surface area contributed by atoms with Crippen molar-refractivity contribution in [3.63, 3.8) is 0 Å². The van der Waals surface area contributed by atoms with Crippen LogP contribution in [0.3, 0.4) is 0 Å². The van der Waals surface area contributed by atoms with Crippen molar-refractivity contribution in [1.82, 2.24) is 15.8 Å². The van der Waals surface area contributed by atoms with E-state index in [9.17, 15) is 0 Å². The summed E-state index contributed by atoms with van der Waals surface area (Å²) in [4.78, 5) is 2.54. The van der Waals surface area contributed by atoms with Crippen molar-refractivity contribution in [3.05, 3.63) is 35.9 Å². The van der Waals surface area contributed by atoms with Gasteiger partial charge >= 0.3 is 0 Å². The summed E-state index contributed by atoms with van der Waals surface area (Å²) < 4.78 is 0. The lowest BCUT2D eigenvalue weighted by atomic mass is 9.92. The van der Waals surface area contributed by atoms with Gasteiger partial charge in [-0.25, -0.2) is 5.43 Å². The van der Waals surface area contributed by atoms with Gasteiger partial charge in [0.15, 0.2) is 0 Å². The summed E-state index contributed by atoms with van der Waals surface area (Å²) in [6, 6.07) is 11.3. The number of hydrogen-bond donors (Lipinski definition) is 3. The number of hydrazine groups is 1. The first-order valence-electron chi connectivity index (χ1n) is 6.86. The molecule has 0 aliphatic carbocycles. The molecule has 0 aromatic heterocycles. The minimum absolute atomic E-state index is 0.106. The van der Waals surface area contributed by atoms with E-state index in [-0.39, 0.29) is 6.17 Å². The van der Waals surface area contributed by atoms with Crippen molar-refractivity contribution in [3.8, 4) is 0 Å². The zero-order valence-electron chi connectivity index (χ0n) is 10.7. The van der Waals surface area contributed by atoms with Crippen molar-refractivity contribution < 1.29 is 0 Å². The third kappa shape index (κ3) is 2.57. The van der Waals surface area contributed by atoms with E-state index in [4.69, 9.17) is 5.73 Å². The summed E-state index contributed by atoms with van der Waals surface area (Å²) in [6.07, 6.45) is 2.43. The summed E-state index contributed by atoms with van der Waals surface area (Å²) >= 11 is 0. The van der Waals surface area contributed by atoms with Crippen LogP contribution in [-0.4, -0.2) is 36.7 Å². The number of likely N-dealkylation sites (tertiary alicyclic amines) is 1. The highest BCUT2D eigenvalue weighted by Gasteiger charge is 2.37. The van der Waals surface area contributed by atoms with Gasteiger partial charge in [-0.3, -0.25) is 5.43 Å². The molecule has 3 rings (SSSR count). The zero-order chi connectivity index (χ0) is 12.4. The molecule has 98 valence electrons. The highest BCUT2D eigenvalue weighted by atomic mass is 15.5. The third-order valence-corrected chi connectivity index (χ3v) is 4.20. The number of nitrogens with zero attached hydrogens (tertiary/aromatic N) is 1. The lowest BCUT2D eigenvalue weighted by Gasteiger charge is -2.35. The van der Waals surface area contributed by atoms with Crippen LogP contribution < -0.4 is 16.6 Å². The molecule has 3 unspecified atom stereocenters. The number of nitrogens with one attached hydrogen (secondary N) is 2. The zero-order valence-corrected chi connectivity index (χ0v) is 10.7. The quantitative estimate of drug-likeness (QED) is 0.718. The standard InChI is InChI=1S/C14H22N4/c15-14-12-10-18(9-7-13(12)16-17-14)8-6-11-4-2-1-3-5-11/h1-5,12-14,16-17H,6-10,15H2. The summed E-state index contributed by atoms with van der Waals surface area (Å²) in [5.74, 6) is 0.550. The molecule has 0 saturated carbocycles. The van der Waals surface area contributed by atoms with Crippen LogP contribution in [0.4, 0.5) is 0 Å². The summed E-state index contributed by atoms with van der Waals surface area (Å²) in [5.41, 5.74) is 13.9. The Hall–Kier alpha value is -0.940. The van der Waals surface area contributed by atoms with E-state index in [0.29, 0.717) is 12.0 Å². The Balaban J connectivity index is 1.52. The van der Waals surface area contributed by atoms with Gasteiger partial charge in [0, 0.05) is 25.0 Å². The molecule has 0 spiro atoms. The van der Waals surface area contributed by atoms with Gasteiger partial charge in [0.2, 0.25) is 0 Å². The van der Waals surface area contributed by atoms with Crippen LogP contribution in [0.1, 0.15) is 12.0 Å². The Morgan fingerprint density at radius 1 is 1.22 bits per heavy atom. The van der Waals surface area contributed by atoms with Crippen LogP contribution in [0.25, 0.3) is 0 Å². The maximum absolute atomic E-state index is 6.06. The minimum atomic E-state index is 0.106. The molecule has 18 heavy (non-hydrogen) atoms. The molecular weight excluding hydrogens is 224 g/mol. The maximum Gasteiger partial charge on any atom is 0.0735 e. The Bertz CT molecular complexity index is 381. The van der Waals surface area contributed by atoms with Crippen LogP contribution in [-0.2, 0) is 6.42 Å². The van der Waals surface area contributed by atoms with Crippen molar-refractivity contribution in [2.24, 2.45) is 11.7 Å². The first-order chi connectivity index (χ1) is 8.83. The second kappa shape index (κ2) is 5.36. The van der Waals surface area contributed by atoms with E-state index in [2.05, 4.69) is 46.1 Å². The summed E-state index contributed by atoms with van der Waals surface area (Å²) in [5, 5.41) is 0. The lowest BCUT2D eigenvalue weighted by molar-refractivity contribution is 0.157. The first kappa shape index (κ1) is 12.1. The molecule has 2 saturated heterocycles. The number of nitrogens with two attached hydrogens (primary N) is 1. The molecule has 2 aliphatic rings. The molecule has 2 aliphatic heterocycles. The molecule has 2 fully saturated rings. The van der Waals surface area contributed by atoms with Crippen LogP contribution >= 0.6 is 0 Å². The van der Waals surface area contributed by atoms with Crippen LogP contribution in [0.2, 0.25) is 0 Å². The second-order valence-electron chi connectivity index (χ2n) is 5.41. The Kier molecular flexibility index (Phi) is 3.61. The normalized spacial score (nSPS) is 32.4. The number of hydrogen-bond acceptors (Lipinski definition) is 4. The topological polar surface area (TPSA) is 53.3 Å². The highest BCUT2D eigenvalue weighted by Crippen LogP contribution is 2.22. The van der Waals surface area contributed by atoms with Crippen molar-refractivity contribution >= 4 is 0 Å². The fourth-order valence-electron chi connectivity index (χ4n) is 3.04. The van der Waals surface area contributed by atoms with Crippen LogP contribution in [0.15, 0.2) is 30.3 Å². The average molecular weight is 246 g/mol. The predicted molar refractivity (Wildman–Crippen MR) is 72.7 cm³/mol. The average Bonchev–Trinajstić information content (AvgIpc) is 2.79. The van der Waals surface area contributed by atoms with Gasteiger partial charge in [0.1, 0.15) is 0 Å². The summed E-state index contributed by atoms with van der Waals surface area (Å²) in [7, 11) is 0. The molecule has 1 aromatic rings. The molecule has 0 radical (unpaired) electrons. The van der Waals surface area contributed by atoms with Crippen molar-refractivity contribution in [2.75, 3.05) is 19.6 Å². The first-order valence-corrected chi connectivity index (χ1v) is 6.86. The minimum Gasteiger partial charge on any atom is -0.315 e. The lowest BCUT2D eigenvalue weighted by Crippen LogP contribution is -2.48. The molecule has 4 heteroatoms. The van der Waals surface area contributed by atoms with Gasteiger partial charge in [-0.05, 0) is 24.9 Å². The Morgan fingerprint density at radius 3 is 2.89 bits per heavy atom. The maximum atomic E-state index is 6.06. The number of rotatable bonds is 3.